The molecule has 3 rings (SSSR count). The van der Waals surface area contributed by atoms with Gasteiger partial charge in [-0.25, -0.2) is 4.79 Å². The van der Waals surface area contributed by atoms with E-state index in [9.17, 15) is 4.79 Å². The standard InChI is InChI=1S/C19H22N2O3/c1-23-18-9-7-15(8-10-18)11-20-17-12-21(13-17)19(22)24-14-16-5-3-2-4-6-16/h2-10,17,20H,11-14H2,1H3. The summed E-state index contributed by atoms with van der Waals surface area (Å²) in [6, 6.07) is 18.0. The first-order valence-corrected chi connectivity index (χ1v) is 8.06. The summed E-state index contributed by atoms with van der Waals surface area (Å²) >= 11 is 0. The maximum atomic E-state index is 12.0. The molecule has 24 heavy (non-hydrogen) atoms. The average Bonchev–Trinajstić information content (AvgIpc) is 2.60. The van der Waals surface area contributed by atoms with Crippen LogP contribution in [0.2, 0.25) is 0 Å². The van der Waals surface area contributed by atoms with Gasteiger partial charge in [0.1, 0.15) is 12.4 Å². The van der Waals surface area contributed by atoms with E-state index in [1.54, 1.807) is 12.0 Å². The first kappa shape index (κ1) is 16.3. The van der Waals surface area contributed by atoms with Gasteiger partial charge in [0, 0.05) is 25.7 Å². The highest BCUT2D eigenvalue weighted by Gasteiger charge is 2.31. The summed E-state index contributed by atoms with van der Waals surface area (Å²) in [4.78, 5) is 13.7. The molecule has 1 saturated heterocycles. The van der Waals surface area contributed by atoms with Crippen molar-refractivity contribution < 1.29 is 14.3 Å². The number of carbonyl (C=O) groups excluding carboxylic acids is 1. The lowest BCUT2D eigenvalue weighted by Gasteiger charge is -2.38. The Bertz CT molecular complexity index is 652. The van der Waals surface area contributed by atoms with Crippen LogP contribution in [0.4, 0.5) is 4.79 Å². The van der Waals surface area contributed by atoms with Gasteiger partial charge in [-0.2, -0.15) is 0 Å². The Labute approximate surface area is 142 Å². The van der Waals surface area contributed by atoms with Crippen LogP contribution in [0, 0.1) is 0 Å². The van der Waals surface area contributed by atoms with Crippen LogP contribution < -0.4 is 10.1 Å². The molecule has 126 valence electrons. The van der Waals surface area contributed by atoms with Gasteiger partial charge in [0.25, 0.3) is 0 Å². The van der Waals surface area contributed by atoms with Gasteiger partial charge in [-0.3, -0.25) is 0 Å². The summed E-state index contributed by atoms with van der Waals surface area (Å²) in [7, 11) is 1.66. The largest absolute Gasteiger partial charge is 0.497 e. The molecular weight excluding hydrogens is 304 g/mol. The van der Waals surface area contributed by atoms with Crippen molar-refractivity contribution in [2.75, 3.05) is 20.2 Å². The molecule has 2 aromatic carbocycles. The number of benzene rings is 2. The number of hydrogen-bond acceptors (Lipinski definition) is 4. The SMILES string of the molecule is COc1ccc(CNC2CN(C(=O)OCc3ccccc3)C2)cc1. The molecule has 0 unspecified atom stereocenters. The molecule has 5 heteroatoms. The highest BCUT2D eigenvalue weighted by molar-refractivity contribution is 5.68. The second kappa shape index (κ2) is 7.84. The normalized spacial score (nSPS) is 14.1. The molecule has 1 amide bonds. The second-order valence-electron chi connectivity index (χ2n) is 5.87. The van der Waals surface area contributed by atoms with Crippen LogP contribution in [0.1, 0.15) is 11.1 Å². The Morgan fingerprint density at radius 1 is 1.08 bits per heavy atom. The predicted octanol–water partition coefficient (Wildman–Crippen LogP) is 2.81. The summed E-state index contributed by atoms with van der Waals surface area (Å²) in [5.41, 5.74) is 2.20. The fraction of sp³-hybridized carbons (Fsp3) is 0.316. The van der Waals surface area contributed by atoms with Gasteiger partial charge in [0.15, 0.2) is 0 Å². The summed E-state index contributed by atoms with van der Waals surface area (Å²) in [5, 5.41) is 3.44. The zero-order valence-electron chi connectivity index (χ0n) is 13.8. The van der Waals surface area contributed by atoms with Gasteiger partial charge in [0.05, 0.1) is 7.11 Å². The Balaban J connectivity index is 1.35. The van der Waals surface area contributed by atoms with E-state index in [1.807, 2.05) is 54.6 Å². The number of likely N-dealkylation sites (tertiary alicyclic amines) is 1. The van der Waals surface area contributed by atoms with Gasteiger partial charge in [-0.1, -0.05) is 42.5 Å². The minimum Gasteiger partial charge on any atom is -0.497 e. The number of nitrogens with zero attached hydrogens (tertiary/aromatic N) is 1. The smallest absolute Gasteiger partial charge is 0.410 e. The molecule has 1 heterocycles. The lowest BCUT2D eigenvalue weighted by molar-refractivity contribution is 0.0600. The molecule has 0 saturated carbocycles. The van der Waals surface area contributed by atoms with Crippen molar-refractivity contribution in [1.29, 1.82) is 0 Å². The predicted molar refractivity (Wildman–Crippen MR) is 91.8 cm³/mol. The topological polar surface area (TPSA) is 50.8 Å². The number of nitrogens with one attached hydrogen (secondary N) is 1. The van der Waals surface area contributed by atoms with Crippen LogP contribution in [-0.4, -0.2) is 37.2 Å². The molecule has 2 aromatic rings. The van der Waals surface area contributed by atoms with Crippen molar-refractivity contribution in [1.82, 2.24) is 10.2 Å². The first-order valence-electron chi connectivity index (χ1n) is 8.06. The lowest BCUT2D eigenvalue weighted by Crippen LogP contribution is -2.59. The maximum absolute atomic E-state index is 12.0. The zero-order chi connectivity index (χ0) is 16.8. The number of ether oxygens (including phenoxy) is 2. The monoisotopic (exact) mass is 326 g/mol. The maximum Gasteiger partial charge on any atom is 0.410 e. The van der Waals surface area contributed by atoms with Crippen molar-refractivity contribution in [2.45, 2.75) is 19.2 Å². The third-order valence-electron chi connectivity index (χ3n) is 4.10. The van der Waals surface area contributed by atoms with E-state index in [-0.39, 0.29) is 6.09 Å². The number of methoxy groups -OCH3 is 1. The Morgan fingerprint density at radius 2 is 1.79 bits per heavy atom. The second-order valence-corrected chi connectivity index (χ2v) is 5.87. The fourth-order valence-electron chi connectivity index (χ4n) is 2.57. The van der Waals surface area contributed by atoms with Crippen molar-refractivity contribution in [3.8, 4) is 5.75 Å². The van der Waals surface area contributed by atoms with Crippen LogP contribution >= 0.6 is 0 Å². The number of carbonyl (C=O) groups is 1. The van der Waals surface area contributed by atoms with E-state index in [0.717, 1.165) is 17.9 Å². The molecule has 1 aliphatic heterocycles. The molecule has 0 aromatic heterocycles. The minimum atomic E-state index is -0.249. The quantitative estimate of drug-likeness (QED) is 0.887. The fourth-order valence-corrected chi connectivity index (χ4v) is 2.57. The van der Waals surface area contributed by atoms with Crippen LogP contribution in [0.5, 0.6) is 5.75 Å². The van der Waals surface area contributed by atoms with Crippen molar-refractivity contribution >= 4 is 6.09 Å². The van der Waals surface area contributed by atoms with E-state index < -0.39 is 0 Å². The molecule has 5 nitrogen and oxygen atoms in total. The minimum absolute atomic E-state index is 0.249. The number of rotatable bonds is 6. The Hall–Kier alpha value is -2.53. The average molecular weight is 326 g/mol. The highest BCUT2D eigenvalue weighted by Crippen LogP contribution is 2.14. The molecule has 0 aliphatic carbocycles. The van der Waals surface area contributed by atoms with Gasteiger partial charge in [-0.05, 0) is 23.3 Å². The van der Waals surface area contributed by atoms with Crippen molar-refractivity contribution in [3.63, 3.8) is 0 Å². The van der Waals surface area contributed by atoms with E-state index in [1.165, 1.54) is 5.56 Å². The number of amides is 1. The first-order chi connectivity index (χ1) is 11.7. The van der Waals surface area contributed by atoms with Crippen LogP contribution in [-0.2, 0) is 17.9 Å². The van der Waals surface area contributed by atoms with Gasteiger partial charge in [0.2, 0.25) is 0 Å². The van der Waals surface area contributed by atoms with E-state index in [2.05, 4.69) is 5.32 Å². The van der Waals surface area contributed by atoms with Crippen molar-refractivity contribution in [2.24, 2.45) is 0 Å². The van der Waals surface area contributed by atoms with E-state index in [4.69, 9.17) is 9.47 Å². The zero-order valence-corrected chi connectivity index (χ0v) is 13.8. The van der Waals surface area contributed by atoms with Crippen LogP contribution in [0.3, 0.4) is 0 Å². The van der Waals surface area contributed by atoms with Gasteiger partial charge >= 0.3 is 6.09 Å². The number of hydrogen-bond donors (Lipinski definition) is 1. The van der Waals surface area contributed by atoms with E-state index >= 15 is 0 Å². The summed E-state index contributed by atoms with van der Waals surface area (Å²) in [6.07, 6.45) is -0.249. The summed E-state index contributed by atoms with van der Waals surface area (Å²) < 4.78 is 10.5. The summed E-state index contributed by atoms with van der Waals surface area (Å²) in [6.45, 7) is 2.47. The van der Waals surface area contributed by atoms with Gasteiger partial charge < -0.3 is 19.7 Å². The molecule has 0 radical (unpaired) electrons. The Morgan fingerprint density at radius 3 is 2.46 bits per heavy atom. The molecule has 0 atom stereocenters. The molecule has 1 fully saturated rings. The molecule has 1 N–H and O–H groups in total. The lowest BCUT2D eigenvalue weighted by atomic mass is 10.1. The summed E-state index contributed by atoms with van der Waals surface area (Å²) in [5.74, 6) is 0.856. The molecule has 0 bridgehead atoms. The Kier molecular flexibility index (Phi) is 5.33. The van der Waals surface area contributed by atoms with Crippen molar-refractivity contribution in [3.05, 3.63) is 65.7 Å². The molecule has 0 spiro atoms. The van der Waals surface area contributed by atoms with Crippen LogP contribution in [0.15, 0.2) is 54.6 Å². The third-order valence-corrected chi connectivity index (χ3v) is 4.10. The van der Waals surface area contributed by atoms with E-state index in [0.29, 0.717) is 25.7 Å². The molecular formula is C19H22N2O3. The third kappa shape index (κ3) is 4.26. The molecule has 1 aliphatic rings. The van der Waals surface area contributed by atoms with Gasteiger partial charge in [-0.15, -0.1) is 0 Å². The van der Waals surface area contributed by atoms with Crippen LogP contribution in [0.25, 0.3) is 0 Å². The highest BCUT2D eigenvalue weighted by atomic mass is 16.6.